The van der Waals surface area contributed by atoms with Crippen LogP contribution in [-0.4, -0.2) is 12.5 Å². The summed E-state index contributed by atoms with van der Waals surface area (Å²) in [4.78, 5) is 0. The van der Waals surface area contributed by atoms with E-state index in [4.69, 9.17) is 17.3 Å². The summed E-state index contributed by atoms with van der Waals surface area (Å²) in [5.74, 6) is -3.38. The molecule has 0 bridgehead atoms. The monoisotopic (exact) mass is 249 g/mol. The van der Waals surface area contributed by atoms with Gasteiger partial charge in [0.2, 0.25) is 5.92 Å². The molecular formula is C11H11ClF3N. The van der Waals surface area contributed by atoms with E-state index in [2.05, 4.69) is 0 Å². The molecule has 0 saturated heterocycles. The zero-order chi connectivity index (χ0) is 12.0. The van der Waals surface area contributed by atoms with Gasteiger partial charge in [-0.25, -0.2) is 13.2 Å². The molecular weight excluding hydrogens is 239 g/mol. The maximum atomic E-state index is 13.7. The summed E-state index contributed by atoms with van der Waals surface area (Å²) in [5, 5.41) is -0.0551. The number of hydrogen-bond acceptors (Lipinski definition) is 1. The van der Waals surface area contributed by atoms with Crippen LogP contribution in [0, 0.1) is 5.82 Å². The highest BCUT2D eigenvalue weighted by Crippen LogP contribution is 2.53. The molecule has 0 heterocycles. The van der Waals surface area contributed by atoms with Crippen molar-refractivity contribution < 1.29 is 13.2 Å². The van der Waals surface area contributed by atoms with Crippen LogP contribution in [0.15, 0.2) is 18.2 Å². The largest absolute Gasteiger partial charge is 0.330 e. The molecule has 16 heavy (non-hydrogen) atoms. The van der Waals surface area contributed by atoms with Crippen LogP contribution in [0.3, 0.4) is 0 Å². The Balaban J connectivity index is 2.40. The standard InChI is InChI=1S/C11H11ClF3N/c12-8-3-1-2-7(9(8)13)10(6-16)4-11(14,15)5-10/h1-3H,4-6,16H2. The van der Waals surface area contributed by atoms with Gasteiger partial charge in [0.05, 0.1) is 5.02 Å². The number of alkyl halides is 2. The lowest BCUT2D eigenvalue weighted by Gasteiger charge is -2.47. The third-order valence-electron chi connectivity index (χ3n) is 3.11. The van der Waals surface area contributed by atoms with Crippen molar-refractivity contribution >= 4 is 11.6 Å². The molecule has 2 rings (SSSR count). The molecule has 5 heteroatoms. The van der Waals surface area contributed by atoms with Crippen LogP contribution in [-0.2, 0) is 5.41 Å². The minimum Gasteiger partial charge on any atom is -0.330 e. The second-order valence-electron chi connectivity index (χ2n) is 4.30. The summed E-state index contributed by atoms with van der Waals surface area (Å²) in [5.41, 5.74) is 4.74. The quantitative estimate of drug-likeness (QED) is 0.856. The van der Waals surface area contributed by atoms with E-state index in [1.807, 2.05) is 0 Å². The van der Waals surface area contributed by atoms with Gasteiger partial charge in [0.25, 0.3) is 0 Å². The van der Waals surface area contributed by atoms with Crippen molar-refractivity contribution in [1.82, 2.24) is 0 Å². The van der Waals surface area contributed by atoms with E-state index in [1.165, 1.54) is 12.1 Å². The summed E-state index contributed by atoms with van der Waals surface area (Å²) in [6, 6.07) is 4.42. The maximum Gasteiger partial charge on any atom is 0.250 e. The van der Waals surface area contributed by atoms with Gasteiger partial charge in [-0.3, -0.25) is 0 Å². The third kappa shape index (κ3) is 1.70. The molecule has 0 atom stereocenters. The fraction of sp³-hybridized carbons (Fsp3) is 0.455. The first-order valence-corrected chi connectivity index (χ1v) is 5.30. The van der Waals surface area contributed by atoms with E-state index in [0.717, 1.165) is 0 Å². The second-order valence-corrected chi connectivity index (χ2v) is 4.70. The zero-order valence-corrected chi connectivity index (χ0v) is 9.20. The Hall–Kier alpha value is -0.740. The molecule has 2 N–H and O–H groups in total. The molecule has 1 nitrogen and oxygen atoms in total. The lowest BCUT2D eigenvalue weighted by atomic mass is 9.62. The predicted molar refractivity (Wildman–Crippen MR) is 56.3 cm³/mol. The molecule has 1 saturated carbocycles. The van der Waals surface area contributed by atoms with E-state index < -0.39 is 30.0 Å². The summed E-state index contributed by atoms with van der Waals surface area (Å²) in [6.45, 7) is -0.000147. The molecule has 0 aromatic heterocycles. The molecule has 1 aliphatic rings. The molecule has 0 radical (unpaired) electrons. The Morgan fingerprint density at radius 1 is 1.31 bits per heavy atom. The molecule has 1 aliphatic carbocycles. The van der Waals surface area contributed by atoms with Crippen molar-refractivity contribution in [2.45, 2.75) is 24.2 Å². The topological polar surface area (TPSA) is 26.0 Å². The highest BCUT2D eigenvalue weighted by atomic mass is 35.5. The smallest absolute Gasteiger partial charge is 0.250 e. The van der Waals surface area contributed by atoms with Crippen molar-refractivity contribution in [3.63, 3.8) is 0 Å². The van der Waals surface area contributed by atoms with Crippen molar-refractivity contribution in [2.75, 3.05) is 6.54 Å². The molecule has 1 fully saturated rings. The highest BCUT2D eigenvalue weighted by molar-refractivity contribution is 6.30. The fourth-order valence-corrected chi connectivity index (χ4v) is 2.47. The second kappa shape index (κ2) is 3.64. The van der Waals surface area contributed by atoms with Crippen molar-refractivity contribution in [3.8, 4) is 0 Å². The Morgan fingerprint density at radius 3 is 2.44 bits per heavy atom. The van der Waals surface area contributed by atoms with Crippen LogP contribution >= 0.6 is 11.6 Å². The first-order chi connectivity index (χ1) is 7.40. The van der Waals surface area contributed by atoms with E-state index >= 15 is 0 Å². The molecule has 0 unspecified atom stereocenters. The van der Waals surface area contributed by atoms with Crippen LogP contribution < -0.4 is 5.73 Å². The summed E-state index contributed by atoms with van der Waals surface area (Å²) < 4.78 is 39.6. The van der Waals surface area contributed by atoms with Crippen LogP contribution in [0.1, 0.15) is 18.4 Å². The van der Waals surface area contributed by atoms with Gasteiger partial charge in [-0.2, -0.15) is 0 Å². The summed E-state index contributed by atoms with van der Waals surface area (Å²) in [6.07, 6.45) is -0.818. The average Bonchev–Trinajstić information content (AvgIpc) is 2.18. The van der Waals surface area contributed by atoms with Gasteiger partial charge in [-0.15, -0.1) is 0 Å². The fourth-order valence-electron chi connectivity index (χ4n) is 2.30. The maximum absolute atomic E-state index is 13.7. The van der Waals surface area contributed by atoms with Crippen LogP contribution in [0.4, 0.5) is 13.2 Å². The van der Waals surface area contributed by atoms with E-state index in [9.17, 15) is 13.2 Å². The summed E-state index contributed by atoms with van der Waals surface area (Å²) >= 11 is 5.63. The number of nitrogens with two attached hydrogens (primary N) is 1. The highest BCUT2D eigenvalue weighted by Gasteiger charge is 2.57. The Labute approximate surface area is 96.4 Å². The van der Waals surface area contributed by atoms with E-state index in [0.29, 0.717) is 0 Å². The van der Waals surface area contributed by atoms with Crippen LogP contribution in [0.2, 0.25) is 5.02 Å². The van der Waals surface area contributed by atoms with Gasteiger partial charge in [0.1, 0.15) is 5.82 Å². The van der Waals surface area contributed by atoms with Crippen molar-refractivity contribution in [2.24, 2.45) is 5.73 Å². The van der Waals surface area contributed by atoms with Crippen molar-refractivity contribution in [1.29, 1.82) is 0 Å². The minimum absolute atomic E-state index is 0.000147. The molecule has 88 valence electrons. The molecule has 1 aromatic rings. The molecule has 0 amide bonds. The Bertz CT molecular complexity index is 412. The predicted octanol–water partition coefficient (Wildman–Crippen LogP) is 3.10. The van der Waals surface area contributed by atoms with Crippen LogP contribution in [0.5, 0.6) is 0 Å². The lowest BCUT2D eigenvalue weighted by molar-refractivity contribution is -0.124. The van der Waals surface area contributed by atoms with Gasteiger partial charge in [-0.05, 0) is 11.6 Å². The van der Waals surface area contributed by atoms with Crippen molar-refractivity contribution in [3.05, 3.63) is 34.6 Å². The van der Waals surface area contributed by atoms with Gasteiger partial charge in [0.15, 0.2) is 0 Å². The molecule has 0 spiro atoms. The Morgan fingerprint density at radius 2 is 1.94 bits per heavy atom. The number of benzene rings is 1. The summed E-state index contributed by atoms with van der Waals surface area (Å²) in [7, 11) is 0. The molecule has 0 aliphatic heterocycles. The van der Waals surface area contributed by atoms with E-state index in [1.54, 1.807) is 6.07 Å². The van der Waals surface area contributed by atoms with Crippen LogP contribution in [0.25, 0.3) is 0 Å². The van der Waals surface area contributed by atoms with Gasteiger partial charge < -0.3 is 5.73 Å². The third-order valence-corrected chi connectivity index (χ3v) is 3.40. The number of hydrogen-bond donors (Lipinski definition) is 1. The Kier molecular flexibility index (Phi) is 2.67. The average molecular weight is 250 g/mol. The minimum atomic E-state index is -2.74. The van der Waals surface area contributed by atoms with Gasteiger partial charge in [0, 0.05) is 24.8 Å². The van der Waals surface area contributed by atoms with Gasteiger partial charge in [-0.1, -0.05) is 23.7 Å². The zero-order valence-electron chi connectivity index (χ0n) is 8.44. The first kappa shape index (κ1) is 11.7. The SMILES string of the molecule is NCC1(c2cccc(Cl)c2F)CC(F)(F)C1. The van der Waals surface area contributed by atoms with Gasteiger partial charge >= 0.3 is 0 Å². The normalized spacial score (nSPS) is 21.6. The first-order valence-electron chi connectivity index (χ1n) is 4.93. The number of rotatable bonds is 2. The lowest BCUT2D eigenvalue weighted by Crippen LogP contribution is -2.54. The molecule has 1 aromatic carbocycles. The number of halogens is 4. The van der Waals surface area contributed by atoms with E-state index in [-0.39, 0.29) is 17.1 Å².